The predicted molar refractivity (Wildman–Crippen MR) is 118 cm³/mol. The number of ether oxygens (including phenoxy) is 1. The summed E-state index contributed by atoms with van der Waals surface area (Å²) in [7, 11) is 1.67. The molecule has 0 bridgehead atoms. The van der Waals surface area contributed by atoms with Crippen LogP contribution in [0.3, 0.4) is 0 Å². The maximum atomic E-state index is 12.6. The van der Waals surface area contributed by atoms with Crippen LogP contribution in [0.4, 0.5) is 0 Å². The lowest BCUT2D eigenvalue weighted by Crippen LogP contribution is -2.41. The molecule has 3 rings (SSSR count). The third-order valence-corrected chi connectivity index (χ3v) is 6.15. The maximum Gasteiger partial charge on any atom is 0.230 e. The van der Waals surface area contributed by atoms with Gasteiger partial charge in [-0.1, -0.05) is 30.3 Å². The van der Waals surface area contributed by atoms with Crippen molar-refractivity contribution in [3.8, 4) is 5.75 Å². The zero-order valence-electron chi connectivity index (χ0n) is 18.3. The molecule has 0 spiro atoms. The normalized spacial score (nSPS) is 16.3. The summed E-state index contributed by atoms with van der Waals surface area (Å²) in [5, 5.41) is 15.6. The van der Waals surface area contributed by atoms with E-state index in [9.17, 15) is 4.79 Å². The Labute approximate surface area is 182 Å². The molecule has 164 valence electrons. The van der Waals surface area contributed by atoms with E-state index in [1.165, 1.54) is 36.6 Å². The lowest BCUT2D eigenvalue weighted by Gasteiger charge is -2.35. The maximum absolute atomic E-state index is 12.6. The van der Waals surface area contributed by atoms with Crippen molar-refractivity contribution in [1.82, 2.24) is 30.4 Å². The number of tetrazole rings is 1. The van der Waals surface area contributed by atoms with Crippen LogP contribution in [0.15, 0.2) is 29.4 Å². The standard InChI is InChI=1S/C21H32N6O2S/c1-21(2,3)27-20(23-24-25-27)30-15-19(28)22-14-18(26-12-6-5-7-13-26)16-8-10-17(29-4)11-9-16/h8-11,18H,5-7,12-15H2,1-4H3,(H,22,28). The number of rotatable bonds is 8. The second-order valence-electron chi connectivity index (χ2n) is 8.52. The molecule has 1 saturated heterocycles. The minimum Gasteiger partial charge on any atom is -0.497 e. The van der Waals surface area contributed by atoms with Gasteiger partial charge in [0.15, 0.2) is 0 Å². The molecule has 2 aromatic rings. The van der Waals surface area contributed by atoms with Gasteiger partial charge in [0, 0.05) is 6.54 Å². The average Bonchev–Trinajstić information content (AvgIpc) is 3.23. The first-order valence-corrected chi connectivity index (χ1v) is 11.4. The molecule has 1 N–H and O–H groups in total. The highest BCUT2D eigenvalue weighted by Crippen LogP contribution is 2.26. The Balaban J connectivity index is 1.60. The Hall–Kier alpha value is -2.13. The Morgan fingerprint density at radius 1 is 1.20 bits per heavy atom. The second kappa shape index (κ2) is 10.3. The number of hydrogen-bond donors (Lipinski definition) is 1. The fourth-order valence-corrected chi connectivity index (χ4v) is 4.48. The summed E-state index contributed by atoms with van der Waals surface area (Å²) >= 11 is 1.36. The van der Waals surface area contributed by atoms with Gasteiger partial charge >= 0.3 is 0 Å². The minimum absolute atomic E-state index is 0.0148. The fraction of sp³-hybridized carbons (Fsp3) is 0.619. The third kappa shape index (κ3) is 5.95. The van der Waals surface area contributed by atoms with E-state index in [1.54, 1.807) is 11.8 Å². The van der Waals surface area contributed by atoms with Crippen molar-refractivity contribution in [3.05, 3.63) is 29.8 Å². The first-order chi connectivity index (χ1) is 14.4. The molecule has 9 heteroatoms. The van der Waals surface area contributed by atoms with Crippen molar-refractivity contribution in [2.75, 3.05) is 32.5 Å². The van der Waals surface area contributed by atoms with Crippen LogP contribution in [0.2, 0.25) is 0 Å². The predicted octanol–water partition coefficient (Wildman–Crippen LogP) is 2.87. The van der Waals surface area contributed by atoms with Gasteiger partial charge in [0.05, 0.1) is 24.4 Å². The fourth-order valence-electron chi connectivity index (χ4n) is 3.60. The van der Waals surface area contributed by atoms with Crippen molar-refractivity contribution in [1.29, 1.82) is 0 Å². The van der Waals surface area contributed by atoms with Gasteiger partial charge in [-0.3, -0.25) is 9.69 Å². The molecule has 1 aromatic heterocycles. The van der Waals surface area contributed by atoms with E-state index >= 15 is 0 Å². The highest BCUT2D eigenvalue weighted by atomic mass is 32.2. The van der Waals surface area contributed by atoms with Crippen molar-refractivity contribution in [2.45, 2.75) is 56.8 Å². The molecular formula is C21H32N6O2S. The van der Waals surface area contributed by atoms with Crippen molar-refractivity contribution >= 4 is 17.7 Å². The molecule has 1 aliphatic rings. The quantitative estimate of drug-likeness (QED) is 0.642. The van der Waals surface area contributed by atoms with E-state index in [2.05, 4.69) is 37.9 Å². The van der Waals surface area contributed by atoms with Gasteiger partial charge in [0.1, 0.15) is 5.75 Å². The Morgan fingerprint density at radius 3 is 2.53 bits per heavy atom. The average molecular weight is 433 g/mol. The summed E-state index contributed by atoms with van der Waals surface area (Å²) in [6.07, 6.45) is 3.68. The van der Waals surface area contributed by atoms with Gasteiger partial charge in [0.25, 0.3) is 0 Å². The van der Waals surface area contributed by atoms with Crippen LogP contribution in [0.5, 0.6) is 5.75 Å². The summed E-state index contributed by atoms with van der Waals surface area (Å²) < 4.78 is 7.04. The van der Waals surface area contributed by atoms with Gasteiger partial charge in [0.2, 0.25) is 11.1 Å². The van der Waals surface area contributed by atoms with Crippen LogP contribution in [-0.2, 0) is 10.3 Å². The molecule has 8 nitrogen and oxygen atoms in total. The molecule has 1 atom stereocenters. The summed E-state index contributed by atoms with van der Waals surface area (Å²) in [6.45, 7) is 8.79. The van der Waals surface area contributed by atoms with Crippen LogP contribution in [0.25, 0.3) is 0 Å². The highest BCUT2D eigenvalue weighted by Gasteiger charge is 2.24. The first-order valence-electron chi connectivity index (χ1n) is 10.4. The van der Waals surface area contributed by atoms with E-state index < -0.39 is 0 Å². The van der Waals surface area contributed by atoms with Crippen LogP contribution in [0.1, 0.15) is 51.6 Å². The van der Waals surface area contributed by atoms with Gasteiger partial charge in [-0.15, -0.1) is 5.10 Å². The van der Waals surface area contributed by atoms with E-state index in [4.69, 9.17) is 4.74 Å². The number of carbonyl (C=O) groups is 1. The number of carbonyl (C=O) groups excluding carboxylic acids is 1. The number of benzene rings is 1. The van der Waals surface area contributed by atoms with E-state index in [1.807, 2.05) is 32.9 Å². The largest absolute Gasteiger partial charge is 0.497 e. The zero-order valence-corrected chi connectivity index (χ0v) is 19.1. The lowest BCUT2D eigenvalue weighted by atomic mass is 10.0. The second-order valence-corrected chi connectivity index (χ2v) is 9.46. The summed E-state index contributed by atoms with van der Waals surface area (Å²) in [5.41, 5.74) is 0.970. The molecular weight excluding hydrogens is 400 g/mol. The molecule has 2 heterocycles. The number of aromatic nitrogens is 4. The minimum atomic E-state index is -0.226. The SMILES string of the molecule is COc1ccc(C(CNC(=O)CSc2nnnn2C(C)(C)C)N2CCCCC2)cc1. The molecule has 1 aliphatic heterocycles. The number of hydrogen-bond acceptors (Lipinski definition) is 7. The molecule has 30 heavy (non-hydrogen) atoms. The number of methoxy groups -OCH3 is 1. The topological polar surface area (TPSA) is 85.2 Å². The third-order valence-electron chi connectivity index (χ3n) is 5.23. The van der Waals surface area contributed by atoms with Crippen LogP contribution in [0, 0.1) is 0 Å². The smallest absolute Gasteiger partial charge is 0.230 e. The summed E-state index contributed by atoms with van der Waals surface area (Å²) in [5.74, 6) is 1.11. The van der Waals surface area contributed by atoms with Crippen molar-refractivity contribution < 1.29 is 9.53 Å². The van der Waals surface area contributed by atoms with Gasteiger partial charge in [-0.2, -0.15) is 0 Å². The van der Waals surface area contributed by atoms with Crippen molar-refractivity contribution in [2.24, 2.45) is 0 Å². The molecule has 0 saturated carbocycles. The molecule has 1 unspecified atom stereocenters. The van der Waals surface area contributed by atoms with Gasteiger partial charge in [-0.25, -0.2) is 4.68 Å². The molecule has 1 amide bonds. The molecule has 0 radical (unpaired) electrons. The summed E-state index contributed by atoms with van der Waals surface area (Å²) in [6, 6.07) is 8.31. The Bertz CT molecular complexity index is 812. The van der Waals surface area contributed by atoms with Crippen molar-refractivity contribution in [3.63, 3.8) is 0 Å². The lowest BCUT2D eigenvalue weighted by molar-refractivity contribution is -0.118. The zero-order chi connectivity index (χ0) is 21.6. The van der Waals surface area contributed by atoms with Crippen LogP contribution in [-0.4, -0.2) is 63.5 Å². The molecule has 1 fully saturated rings. The number of amides is 1. The van der Waals surface area contributed by atoms with Gasteiger partial charge in [-0.05, 0) is 74.8 Å². The number of likely N-dealkylation sites (tertiary alicyclic amines) is 1. The van der Waals surface area contributed by atoms with Gasteiger partial charge < -0.3 is 10.1 Å². The van der Waals surface area contributed by atoms with Crippen LogP contribution < -0.4 is 10.1 Å². The number of nitrogens with one attached hydrogen (secondary N) is 1. The monoisotopic (exact) mass is 432 g/mol. The van der Waals surface area contributed by atoms with E-state index in [-0.39, 0.29) is 23.2 Å². The Morgan fingerprint density at radius 2 is 1.90 bits per heavy atom. The highest BCUT2D eigenvalue weighted by molar-refractivity contribution is 7.99. The number of nitrogens with zero attached hydrogens (tertiary/aromatic N) is 5. The molecule has 0 aliphatic carbocycles. The van der Waals surface area contributed by atoms with Crippen LogP contribution >= 0.6 is 11.8 Å². The Kier molecular flexibility index (Phi) is 7.71. The number of piperidine rings is 1. The summed E-state index contributed by atoms with van der Waals surface area (Å²) in [4.78, 5) is 15.0. The van der Waals surface area contributed by atoms with E-state index in [0.29, 0.717) is 11.7 Å². The number of thioether (sulfide) groups is 1. The van der Waals surface area contributed by atoms with E-state index in [0.717, 1.165) is 18.8 Å². The first kappa shape index (κ1) is 22.6. The molecule has 1 aromatic carbocycles.